The van der Waals surface area contributed by atoms with Crippen LogP contribution in [0.4, 0.5) is 0 Å². The van der Waals surface area contributed by atoms with Crippen molar-refractivity contribution in [3.8, 4) is 0 Å². The van der Waals surface area contributed by atoms with Gasteiger partial charge in [0, 0.05) is 39.0 Å². The summed E-state index contributed by atoms with van der Waals surface area (Å²) in [5.74, 6) is 0.245. The van der Waals surface area contributed by atoms with Gasteiger partial charge >= 0.3 is 0 Å². The number of aliphatic hydroxyl groups is 1. The molecule has 1 rings (SSSR count). The molecule has 0 spiro atoms. The summed E-state index contributed by atoms with van der Waals surface area (Å²) in [6.45, 7) is 6.26. The van der Waals surface area contributed by atoms with Crippen molar-refractivity contribution in [1.29, 1.82) is 0 Å². The Bertz CT molecular complexity index is 292. The lowest BCUT2D eigenvalue weighted by molar-refractivity contribution is -0.133. The van der Waals surface area contributed by atoms with Crippen molar-refractivity contribution in [2.24, 2.45) is 0 Å². The van der Waals surface area contributed by atoms with E-state index < -0.39 is 6.10 Å². The third kappa shape index (κ3) is 4.64. The highest BCUT2D eigenvalue weighted by Gasteiger charge is 2.20. The van der Waals surface area contributed by atoms with Gasteiger partial charge in [-0.3, -0.25) is 9.59 Å². The third-order valence-corrected chi connectivity index (χ3v) is 3.28. The van der Waals surface area contributed by atoms with Gasteiger partial charge in [-0.1, -0.05) is 6.92 Å². The van der Waals surface area contributed by atoms with Crippen LogP contribution in [0.15, 0.2) is 0 Å². The van der Waals surface area contributed by atoms with Crippen LogP contribution < -0.4 is 0 Å². The van der Waals surface area contributed by atoms with Gasteiger partial charge in [-0.2, -0.15) is 0 Å². The molecule has 0 aromatic rings. The van der Waals surface area contributed by atoms with Crippen molar-refractivity contribution in [2.45, 2.75) is 45.6 Å². The zero-order valence-electron chi connectivity index (χ0n) is 11.4. The monoisotopic (exact) mass is 256 g/mol. The predicted octanol–water partition coefficient (Wildman–Crippen LogP) is 0.618. The molecular weight excluding hydrogens is 232 g/mol. The van der Waals surface area contributed by atoms with E-state index in [2.05, 4.69) is 0 Å². The second-order valence-corrected chi connectivity index (χ2v) is 4.86. The van der Waals surface area contributed by atoms with E-state index in [1.807, 2.05) is 16.7 Å². The molecule has 1 aliphatic rings. The van der Waals surface area contributed by atoms with Gasteiger partial charge in [0.2, 0.25) is 11.8 Å². The molecule has 1 fully saturated rings. The minimum absolute atomic E-state index is 0.0849. The first-order valence-electron chi connectivity index (χ1n) is 6.78. The van der Waals surface area contributed by atoms with Crippen LogP contribution in [0.2, 0.25) is 0 Å². The fourth-order valence-corrected chi connectivity index (χ4v) is 2.13. The molecule has 0 aliphatic carbocycles. The molecule has 1 atom stereocenters. The molecule has 1 N–H and O–H groups in total. The van der Waals surface area contributed by atoms with Crippen LogP contribution >= 0.6 is 0 Å². The molecule has 1 saturated heterocycles. The Morgan fingerprint density at radius 3 is 2.17 bits per heavy atom. The maximum atomic E-state index is 11.9. The summed E-state index contributed by atoms with van der Waals surface area (Å²) in [6.07, 6.45) is 1.83. The fourth-order valence-electron chi connectivity index (χ4n) is 2.13. The molecule has 5 nitrogen and oxygen atoms in total. The van der Waals surface area contributed by atoms with Crippen molar-refractivity contribution in [2.75, 3.05) is 26.2 Å². The Labute approximate surface area is 109 Å². The van der Waals surface area contributed by atoms with Crippen LogP contribution in [0, 0.1) is 0 Å². The number of rotatable bonds is 4. The van der Waals surface area contributed by atoms with E-state index in [0.717, 1.165) is 13.0 Å². The first-order chi connectivity index (χ1) is 8.54. The highest BCUT2D eigenvalue weighted by atomic mass is 16.3. The average Bonchev–Trinajstić information content (AvgIpc) is 2.60. The molecule has 18 heavy (non-hydrogen) atoms. The Balaban J connectivity index is 2.41. The van der Waals surface area contributed by atoms with Gasteiger partial charge in [0.05, 0.1) is 6.10 Å². The van der Waals surface area contributed by atoms with E-state index in [1.54, 1.807) is 6.92 Å². The number of nitrogens with zero attached hydrogens (tertiary/aromatic N) is 2. The van der Waals surface area contributed by atoms with Gasteiger partial charge in [0.25, 0.3) is 0 Å². The molecule has 5 heteroatoms. The van der Waals surface area contributed by atoms with Crippen LogP contribution in [0.3, 0.4) is 0 Å². The molecule has 1 heterocycles. The van der Waals surface area contributed by atoms with Gasteiger partial charge in [0.1, 0.15) is 0 Å². The largest absolute Gasteiger partial charge is 0.393 e. The second kappa shape index (κ2) is 7.36. The molecule has 1 unspecified atom stereocenters. The number of carbonyl (C=O) groups is 2. The second-order valence-electron chi connectivity index (χ2n) is 4.86. The highest BCUT2D eigenvalue weighted by molar-refractivity contribution is 5.77. The molecule has 0 saturated carbocycles. The summed E-state index contributed by atoms with van der Waals surface area (Å²) >= 11 is 0. The van der Waals surface area contributed by atoms with Crippen molar-refractivity contribution in [3.05, 3.63) is 0 Å². The Morgan fingerprint density at radius 2 is 1.67 bits per heavy atom. The van der Waals surface area contributed by atoms with E-state index in [9.17, 15) is 14.7 Å². The van der Waals surface area contributed by atoms with Crippen molar-refractivity contribution >= 4 is 11.8 Å². The summed E-state index contributed by atoms with van der Waals surface area (Å²) in [4.78, 5) is 27.2. The Kier molecular flexibility index (Phi) is 6.12. The van der Waals surface area contributed by atoms with Crippen LogP contribution in [0.25, 0.3) is 0 Å². The minimum atomic E-state index is -0.431. The zero-order valence-corrected chi connectivity index (χ0v) is 11.4. The quantitative estimate of drug-likeness (QED) is 0.802. The average molecular weight is 256 g/mol. The number of carbonyl (C=O) groups excluding carboxylic acids is 2. The standard InChI is InChI=1S/C13H24N2O3/c1-3-12(17)14-7-4-8-15(10-9-14)13(18)6-5-11(2)16/h11,16H,3-10H2,1-2H3. The number of hydrogen-bond acceptors (Lipinski definition) is 3. The maximum Gasteiger partial charge on any atom is 0.222 e. The normalized spacial score (nSPS) is 18.4. The van der Waals surface area contributed by atoms with Gasteiger partial charge in [0.15, 0.2) is 0 Å². The van der Waals surface area contributed by atoms with E-state index in [-0.39, 0.29) is 11.8 Å². The third-order valence-electron chi connectivity index (χ3n) is 3.28. The topological polar surface area (TPSA) is 60.9 Å². The Morgan fingerprint density at radius 1 is 1.11 bits per heavy atom. The van der Waals surface area contributed by atoms with Crippen molar-refractivity contribution in [3.63, 3.8) is 0 Å². The lowest BCUT2D eigenvalue weighted by atomic mass is 10.2. The summed E-state index contributed by atoms with van der Waals surface area (Å²) in [5, 5.41) is 9.18. The molecule has 0 bridgehead atoms. The maximum absolute atomic E-state index is 11.9. The van der Waals surface area contributed by atoms with Crippen LogP contribution in [-0.4, -0.2) is 59.0 Å². The lowest BCUT2D eigenvalue weighted by Crippen LogP contribution is -2.37. The molecule has 0 aromatic carbocycles. The highest BCUT2D eigenvalue weighted by Crippen LogP contribution is 2.08. The van der Waals surface area contributed by atoms with Crippen LogP contribution in [-0.2, 0) is 9.59 Å². The van der Waals surface area contributed by atoms with E-state index in [1.165, 1.54) is 0 Å². The van der Waals surface area contributed by atoms with E-state index in [0.29, 0.717) is 38.9 Å². The van der Waals surface area contributed by atoms with Crippen molar-refractivity contribution in [1.82, 2.24) is 9.80 Å². The summed E-state index contributed by atoms with van der Waals surface area (Å²) in [6, 6.07) is 0. The SMILES string of the molecule is CCC(=O)N1CCCN(C(=O)CCC(C)O)CC1. The van der Waals surface area contributed by atoms with Crippen molar-refractivity contribution < 1.29 is 14.7 Å². The first-order valence-corrected chi connectivity index (χ1v) is 6.78. The summed E-state index contributed by atoms with van der Waals surface area (Å²) < 4.78 is 0. The number of aliphatic hydroxyl groups excluding tert-OH is 1. The van der Waals surface area contributed by atoms with Gasteiger partial charge in [-0.25, -0.2) is 0 Å². The molecule has 2 amide bonds. The van der Waals surface area contributed by atoms with Crippen LogP contribution in [0.1, 0.15) is 39.5 Å². The van der Waals surface area contributed by atoms with Gasteiger partial charge in [-0.05, 0) is 19.8 Å². The number of amides is 2. The molecule has 104 valence electrons. The van der Waals surface area contributed by atoms with Gasteiger partial charge in [-0.15, -0.1) is 0 Å². The molecule has 1 aliphatic heterocycles. The molecular formula is C13H24N2O3. The predicted molar refractivity (Wildman–Crippen MR) is 69.0 cm³/mol. The van der Waals surface area contributed by atoms with E-state index in [4.69, 9.17) is 0 Å². The molecule has 0 radical (unpaired) electrons. The lowest BCUT2D eigenvalue weighted by Gasteiger charge is -2.22. The Hall–Kier alpha value is -1.10. The van der Waals surface area contributed by atoms with Gasteiger partial charge < -0.3 is 14.9 Å². The summed E-state index contributed by atoms with van der Waals surface area (Å²) in [7, 11) is 0. The number of hydrogen-bond donors (Lipinski definition) is 1. The fraction of sp³-hybridized carbons (Fsp3) is 0.846. The minimum Gasteiger partial charge on any atom is -0.393 e. The van der Waals surface area contributed by atoms with Crippen LogP contribution in [0.5, 0.6) is 0 Å². The van der Waals surface area contributed by atoms with E-state index >= 15 is 0 Å². The molecule has 0 aromatic heterocycles. The first kappa shape index (κ1) is 15.0. The summed E-state index contributed by atoms with van der Waals surface area (Å²) in [5.41, 5.74) is 0. The zero-order chi connectivity index (χ0) is 13.5. The smallest absolute Gasteiger partial charge is 0.222 e.